The van der Waals surface area contributed by atoms with Crippen LogP contribution in [0.25, 0.3) is 0 Å². The largest absolute Gasteiger partial charge is 0.445 e. The third-order valence-corrected chi connectivity index (χ3v) is 3.02. The molecule has 6 heteroatoms. The van der Waals surface area contributed by atoms with Gasteiger partial charge in [-0.25, -0.2) is 13.6 Å². The first-order chi connectivity index (χ1) is 8.99. The second-order valence-electron chi connectivity index (χ2n) is 4.53. The number of rotatable bonds is 2. The molecular weight excluding hydrogens is 256 g/mol. The highest BCUT2D eigenvalue weighted by atomic mass is 19.3. The summed E-state index contributed by atoms with van der Waals surface area (Å²) in [6, 6.07) is 8.99. The summed E-state index contributed by atoms with van der Waals surface area (Å²) in [5.41, 5.74) is 0.791. The lowest BCUT2D eigenvalue weighted by Gasteiger charge is -2.35. The average molecular weight is 271 g/mol. The van der Waals surface area contributed by atoms with E-state index in [0.29, 0.717) is 0 Å². The van der Waals surface area contributed by atoms with Crippen LogP contribution in [0.2, 0.25) is 0 Å². The lowest BCUT2D eigenvalue weighted by atomic mass is 10.0. The van der Waals surface area contributed by atoms with Gasteiger partial charge in [-0.05, 0) is 12.0 Å². The first kappa shape index (κ1) is 13.7. The maximum Gasteiger partial charge on any atom is 0.410 e. The van der Waals surface area contributed by atoms with Crippen LogP contribution in [0.1, 0.15) is 12.0 Å². The van der Waals surface area contributed by atoms with Gasteiger partial charge in [0.05, 0.1) is 6.54 Å². The number of carbonyl (C=O) groups excluding carboxylic acids is 1. The van der Waals surface area contributed by atoms with E-state index >= 15 is 0 Å². The molecule has 1 fully saturated rings. The maximum absolute atomic E-state index is 13.3. The molecule has 0 spiro atoms. The summed E-state index contributed by atoms with van der Waals surface area (Å²) >= 11 is 0. The van der Waals surface area contributed by atoms with Gasteiger partial charge in [0, 0.05) is 6.54 Å². The van der Waals surface area contributed by atoms with Gasteiger partial charge in [0.25, 0.3) is 5.92 Å². The zero-order chi connectivity index (χ0) is 13.9. The number of benzene rings is 1. The number of alkyl halides is 2. The Morgan fingerprint density at radius 3 is 2.74 bits per heavy atom. The monoisotopic (exact) mass is 271 g/mol. The smallest absolute Gasteiger partial charge is 0.410 e. The molecule has 0 aromatic heterocycles. The fourth-order valence-corrected chi connectivity index (χ4v) is 1.89. The van der Waals surface area contributed by atoms with E-state index in [1.165, 1.54) is 0 Å². The molecular formula is C13H15F2NO3. The van der Waals surface area contributed by atoms with E-state index in [-0.39, 0.29) is 19.6 Å². The summed E-state index contributed by atoms with van der Waals surface area (Å²) < 4.78 is 31.5. The van der Waals surface area contributed by atoms with Crippen molar-refractivity contribution < 1.29 is 23.4 Å². The van der Waals surface area contributed by atoms with E-state index in [0.717, 1.165) is 10.5 Å². The van der Waals surface area contributed by atoms with E-state index in [1.807, 2.05) is 6.07 Å². The van der Waals surface area contributed by atoms with Crippen molar-refractivity contribution in [3.63, 3.8) is 0 Å². The minimum absolute atomic E-state index is 0.0459. The number of aliphatic hydroxyl groups excluding tert-OH is 1. The van der Waals surface area contributed by atoms with Gasteiger partial charge in [0.15, 0.2) is 0 Å². The molecule has 2 rings (SSSR count). The van der Waals surface area contributed by atoms with Crippen LogP contribution in [0.3, 0.4) is 0 Å². The highest BCUT2D eigenvalue weighted by Crippen LogP contribution is 2.27. The highest BCUT2D eigenvalue weighted by Gasteiger charge is 2.45. The Balaban J connectivity index is 1.87. The molecule has 1 saturated heterocycles. The van der Waals surface area contributed by atoms with Gasteiger partial charge in [-0.15, -0.1) is 0 Å². The lowest BCUT2D eigenvalue weighted by Crippen LogP contribution is -2.53. The van der Waals surface area contributed by atoms with Crippen LogP contribution >= 0.6 is 0 Å². The van der Waals surface area contributed by atoms with Crippen LogP contribution in [0, 0.1) is 0 Å². The Kier molecular flexibility index (Phi) is 3.99. The predicted octanol–water partition coefficient (Wildman–Crippen LogP) is 2.03. The zero-order valence-corrected chi connectivity index (χ0v) is 10.3. The molecule has 1 aromatic carbocycles. The van der Waals surface area contributed by atoms with E-state index in [9.17, 15) is 13.6 Å². The van der Waals surface area contributed by atoms with Crippen LogP contribution in [-0.4, -0.2) is 41.2 Å². The minimum Gasteiger partial charge on any atom is -0.445 e. The predicted molar refractivity (Wildman–Crippen MR) is 63.8 cm³/mol. The topological polar surface area (TPSA) is 49.8 Å². The molecule has 0 bridgehead atoms. The van der Waals surface area contributed by atoms with Crippen molar-refractivity contribution in [2.24, 2.45) is 0 Å². The SMILES string of the molecule is O=C(OCc1ccccc1)N1CC[C@H](O)C(F)(F)C1. The van der Waals surface area contributed by atoms with E-state index < -0.39 is 24.7 Å². The number of nitrogens with zero attached hydrogens (tertiary/aromatic N) is 1. The quantitative estimate of drug-likeness (QED) is 0.895. The van der Waals surface area contributed by atoms with Crippen LogP contribution in [-0.2, 0) is 11.3 Å². The number of ether oxygens (including phenoxy) is 1. The molecule has 1 aromatic rings. The van der Waals surface area contributed by atoms with Gasteiger partial charge in [-0.3, -0.25) is 0 Å². The summed E-state index contributed by atoms with van der Waals surface area (Å²) in [5, 5.41) is 9.12. The maximum atomic E-state index is 13.3. The molecule has 1 N–H and O–H groups in total. The van der Waals surface area contributed by atoms with Crippen LogP contribution in [0.15, 0.2) is 30.3 Å². The first-order valence-corrected chi connectivity index (χ1v) is 6.00. The zero-order valence-electron chi connectivity index (χ0n) is 10.3. The molecule has 0 unspecified atom stereocenters. The molecule has 1 aliphatic rings. The van der Waals surface area contributed by atoms with Crippen molar-refractivity contribution in [2.75, 3.05) is 13.1 Å². The molecule has 0 aliphatic carbocycles. The van der Waals surface area contributed by atoms with Gasteiger partial charge in [-0.2, -0.15) is 0 Å². The molecule has 0 radical (unpaired) electrons. The summed E-state index contributed by atoms with van der Waals surface area (Å²) in [5.74, 6) is -3.27. The second kappa shape index (κ2) is 5.52. The van der Waals surface area contributed by atoms with Crippen molar-refractivity contribution in [1.29, 1.82) is 0 Å². The van der Waals surface area contributed by atoms with E-state index in [4.69, 9.17) is 9.84 Å². The summed E-state index contributed by atoms with van der Waals surface area (Å²) in [6.07, 6.45) is -2.62. The number of carbonyl (C=O) groups is 1. The fourth-order valence-electron chi connectivity index (χ4n) is 1.89. The van der Waals surface area contributed by atoms with Gasteiger partial charge < -0.3 is 14.7 Å². The van der Waals surface area contributed by atoms with Gasteiger partial charge >= 0.3 is 6.09 Å². The summed E-state index contributed by atoms with van der Waals surface area (Å²) in [7, 11) is 0. The van der Waals surface area contributed by atoms with Crippen molar-refractivity contribution in [2.45, 2.75) is 25.1 Å². The van der Waals surface area contributed by atoms with Crippen LogP contribution < -0.4 is 0 Å². The van der Waals surface area contributed by atoms with E-state index in [1.54, 1.807) is 24.3 Å². The molecule has 4 nitrogen and oxygen atoms in total. The number of hydrogen-bond acceptors (Lipinski definition) is 3. The first-order valence-electron chi connectivity index (χ1n) is 6.00. The fraction of sp³-hybridized carbons (Fsp3) is 0.462. The Morgan fingerprint density at radius 2 is 2.11 bits per heavy atom. The number of aliphatic hydroxyl groups is 1. The molecule has 1 aliphatic heterocycles. The number of hydrogen-bond donors (Lipinski definition) is 1. The molecule has 1 heterocycles. The number of likely N-dealkylation sites (tertiary alicyclic amines) is 1. The minimum atomic E-state index is -3.27. The highest BCUT2D eigenvalue weighted by molar-refractivity contribution is 5.67. The normalized spacial score (nSPS) is 22.1. The summed E-state index contributed by atoms with van der Waals surface area (Å²) in [6.45, 7) is -0.684. The molecule has 0 saturated carbocycles. The van der Waals surface area contributed by atoms with Gasteiger partial charge in [-0.1, -0.05) is 30.3 Å². The van der Waals surface area contributed by atoms with Gasteiger partial charge in [0.2, 0.25) is 0 Å². The lowest BCUT2D eigenvalue weighted by molar-refractivity contribution is -0.145. The van der Waals surface area contributed by atoms with Crippen LogP contribution in [0.4, 0.5) is 13.6 Å². The third kappa shape index (κ3) is 3.41. The summed E-state index contributed by atoms with van der Waals surface area (Å²) in [4.78, 5) is 12.6. The second-order valence-corrected chi connectivity index (χ2v) is 4.53. The molecule has 1 amide bonds. The average Bonchev–Trinajstić information content (AvgIpc) is 2.40. The van der Waals surface area contributed by atoms with Crippen molar-refractivity contribution in [1.82, 2.24) is 4.90 Å². The van der Waals surface area contributed by atoms with Crippen LogP contribution in [0.5, 0.6) is 0 Å². The Bertz CT molecular complexity index is 439. The van der Waals surface area contributed by atoms with E-state index in [2.05, 4.69) is 0 Å². The third-order valence-electron chi connectivity index (χ3n) is 3.02. The Labute approximate surface area is 109 Å². The number of halogens is 2. The number of amides is 1. The van der Waals surface area contributed by atoms with Crippen molar-refractivity contribution in [3.8, 4) is 0 Å². The molecule has 104 valence electrons. The Morgan fingerprint density at radius 1 is 1.42 bits per heavy atom. The number of piperidine rings is 1. The van der Waals surface area contributed by atoms with Gasteiger partial charge in [0.1, 0.15) is 12.7 Å². The molecule has 19 heavy (non-hydrogen) atoms. The van der Waals surface area contributed by atoms with Crippen molar-refractivity contribution in [3.05, 3.63) is 35.9 Å². The standard InChI is InChI=1S/C13H15F2NO3/c14-13(15)9-16(7-6-11(13)17)12(18)19-8-10-4-2-1-3-5-10/h1-5,11,17H,6-9H2/t11-/m0/s1. The molecule has 1 atom stereocenters. The van der Waals surface area contributed by atoms with Crippen molar-refractivity contribution >= 4 is 6.09 Å². The Hall–Kier alpha value is -1.69.